The van der Waals surface area contributed by atoms with E-state index in [-0.39, 0.29) is 16.9 Å². The van der Waals surface area contributed by atoms with Gasteiger partial charge in [0.25, 0.3) is 11.6 Å². The molecule has 1 amide bonds. The fourth-order valence-electron chi connectivity index (χ4n) is 3.18. The fraction of sp³-hybridized carbons (Fsp3) is 0.300. The number of rotatable bonds is 7. The number of alkyl halides is 3. The molecule has 0 spiro atoms. The first-order valence-electron chi connectivity index (χ1n) is 9.48. The van der Waals surface area contributed by atoms with Crippen LogP contribution in [0.3, 0.4) is 0 Å². The van der Waals surface area contributed by atoms with E-state index in [4.69, 9.17) is 4.74 Å². The molecule has 9 nitrogen and oxygen atoms in total. The summed E-state index contributed by atoms with van der Waals surface area (Å²) in [5, 5.41) is 13.4. The van der Waals surface area contributed by atoms with Crippen LogP contribution in [-0.4, -0.2) is 42.9 Å². The highest BCUT2D eigenvalue weighted by atomic mass is 19.4. The third-order valence-corrected chi connectivity index (χ3v) is 4.56. The zero-order valence-electron chi connectivity index (χ0n) is 16.6. The summed E-state index contributed by atoms with van der Waals surface area (Å²) in [5.41, 5.74) is 0.334. The lowest BCUT2D eigenvalue weighted by atomic mass is 10.1. The van der Waals surface area contributed by atoms with Crippen LogP contribution in [-0.2, 0) is 9.53 Å². The second-order valence-electron chi connectivity index (χ2n) is 6.85. The van der Waals surface area contributed by atoms with Crippen LogP contribution < -0.4 is 15.0 Å². The summed E-state index contributed by atoms with van der Waals surface area (Å²) in [4.78, 5) is 37.0. The van der Waals surface area contributed by atoms with Crippen LogP contribution in [0.5, 0.6) is 5.75 Å². The van der Waals surface area contributed by atoms with E-state index >= 15 is 0 Å². The van der Waals surface area contributed by atoms with Crippen molar-refractivity contribution in [1.82, 2.24) is 0 Å². The van der Waals surface area contributed by atoms with Gasteiger partial charge in [-0.2, -0.15) is 0 Å². The Hall–Kier alpha value is -3.83. The summed E-state index contributed by atoms with van der Waals surface area (Å²) in [6.07, 6.45) is -3.00. The molecular weight excluding hydrogens is 435 g/mol. The molecule has 1 heterocycles. The van der Waals surface area contributed by atoms with Gasteiger partial charge in [-0.25, -0.2) is 4.79 Å². The Labute approximate surface area is 179 Å². The average Bonchev–Trinajstić information content (AvgIpc) is 3.26. The number of hydrogen-bond acceptors (Lipinski definition) is 7. The van der Waals surface area contributed by atoms with Gasteiger partial charge in [0.05, 0.1) is 16.2 Å². The molecule has 1 fully saturated rings. The number of halogens is 3. The van der Waals surface area contributed by atoms with Gasteiger partial charge in [0.15, 0.2) is 6.61 Å². The maximum Gasteiger partial charge on any atom is 0.573 e. The minimum atomic E-state index is -4.83. The number of nitro benzene ring substituents is 1. The number of amides is 1. The zero-order chi connectivity index (χ0) is 23.3. The molecule has 0 unspecified atom stereocenters. The van der Waals surface area contributed by atoms with Gasteiger partial charge in [0, 0.05) is 30.9 Å². The molecule has 0 aromatic heterocycles. The standard InChI is InChI=1S/C20H18F3N3O6/c21-20(22,23)32-15-6-3-13(4-7-15)24-18(27)12-31-19(28)16-11-14(26(29)30)5-8-17(16)25-9-1-2-10-25/h3-8,11H,1-2,9-10,12H2,(H,24,27). The van der Waals surface area contributed by atoms with Crippen molar-refractivity contribution in [2.75, 3.05) is 29.9 Å². The molecule has 1 aliphatic rings. The predicted octanol–water partition coefficient (Wildman–Crippen LogP) is 3.89. The van der Waals surface area contributed by atoms with Crippen molar-refractivity contribution in [3.63, 3.8) is 0 Å². The summed E-state index contributed by atoms with van der Waals surface area (Å²) in [6, 6.07) is 8.28. The molecule has 0 bridgehead atoms. The number of hydrogen-bond donors (Lipinski definition) is 1. The molecule has 1 saturated heterocycles. The van der Waals surface area contributed by atoms with E-state index in [1.165, 1.54) is 24.3 Å². The highest BCUT2D eigenvalue weighted by molar-refractivity contribution is 5.99. The maximum absolute atomic E-state index is 12.6. The maximum atomic E-state index is 12.6. The van der Waals surface area contributed by atoms with Gasteiger partial charge < -0.3 is 19.7 Å². The summed E-state index contributed by atoms with van der Waals surface area (Å²) >= 11 is 0. The lowest BCUT2D eigenvalue weighted by Gasteiger charge is -2.20. The zero-order valence-corrected chi connectivity index (χ0v) is 16.6. The minimum Gasteiger partial charge on any atom is -0.452 e. The Bertz CT molecular complexity index is 1000. The van der Waals surface area contributed by atoms with Crippen LogP contribution in [0.1, 0.15) is 23.2 Å². The van der Waals surface area contributed by atoms with Gasteiger partial charge in [-0.05, 0) is 43.2 Å². The number of nitro groups is 1. The van der Waals surface area contributed by atoms with E-state index in [2.05, 4.69) is 10.1 Å². The normalized spacial score (nSPS) is 13.5. The van der Waals surface area contributed by atoms with E-state index in [1.54, 1.807) is 0 Å². The van der Waals surface area contributed by atoms with Crippen LogP contribution in [0.4, 0.5) is 30.2 Å². The van der Waals surface area contributed by atoms with Crippen molar-refractivity contribution in [2.45, 2.75) is 19.2 Å². The third-order valence-electron chi connectivity index (χ3n) is 4.56. The number of benzene rings is 2. The van der Waals surface area contributed by atoms with Crippen molar-refractivity contribution in [3.05, 3.63) is 58.1 Å². The number of nitrogens with one attached hydrogen (secondary N) is 1. The Morgan fingerprint density at radius 2 is 1.75 bits per heavy atom. The van der Waals surface area contributed by atoms with E-state index in [1.807, 2.05) is 4.90 Å². The average molecular weight is 453 g/mol. The van der Waals surface area contributed by atoms with E-state index < -0.39 is 35.5 Å². The van der Waals surface area contributed by atoms with Gasteiger partial charge in [-0.1, -0.05) is 0 Å². The van der Waals surface area contributed by atoms with E-state index in [9.17, 15) is 32.9 Å². The minimum absolute atomic E-state index is 0.0254. The monoisotopic (exact) mass is 453 g/mol. The number of carbonyl (C=O) groups is 2. The number of ether oxygens (including phenoxy) is 2. The molecule has 0 aliphatic carbocycles. The van der Waals surface area contributed by atoms with Crippen LogP contribution >= 0.6 is 0 Å². The fourth-order valence-corrected chi connectivity index (χ4v) is 3.18. The Morgan fingerprint density at radius 3 is 2.34 bits per heavy atom. The highest BCUT2D eigenvalue weighted by Gasteiger charge is 2.31. The van der Waals surface area contributed by atoms with Crippen molar-refractivity contribution in [2.24, 2.45) is 0 Å². The van der Waals surface area contributed by atoms with Crippen molar-refractivity contribution < 1.29 is 37.2 Å². The summed E-state index contributed by atoms with van der Waals surface area (Å²) in [5.74, 6) is -2.10. The molecule has 2 aromatic carbocycles. The van der Waals surface area contributed by atoms with Gasteiger partial charge in [0.1, 0.15) is 5.75 Å². The lowest BCUT2D eigenvalue weighted by molar-refractivity contribution is -0.384. The number of nitrogens with zero attached hydrogens (tertiary/aromatic N) is 2. The van der Waals surface area contributed by atoms with Crippen LogP contribution in [0.25, 0.3) is 0 Å². The number of esters is 1. The molecule has 32 heavy (non-hydrogen) atoms. The van der Waals surface area contributed by atoms with Crippen LogP contribution in [0, 0.1) is 10.1 Å². The first kappa shape index (κ1) is 22.8. The molecule has 2 aromatic rings. The highest BCUT2D eigenvalue weighted by Crippen LogP contribution is 2.29. The van der Waals surface area contributed by atoms with Crippen molar-refractivity contribution in [3.8, 4) is 5.75 Å². The molecular formula is C20H18F3N3O6. The first-order chi connectivity index (χ1) is 15.1. The molecule has 0 atom stereocenters. The van der Waals surface area contributed by atoms with Crippen molar-refractivity contribution in [1.29, 1.82) is 0 Å². The van der Waals surface area contributed by atoms with Gasteiger partial charge in [-0.3, -0.25) is 14.9 Å². The van der Waals surface area contributed by atoms with E-state index in [0.717, 1.165) is 31.0 Å². The SMILES string of the molecule is O=C(COC(=O)c1cc([N+](=O)[O-])ccc1N1CCCC1)Nc1ccc(OC(F)(F)F)cc1. The van der Waals surface area contributed by atoms with Gasteiger partial charge >= 0.3 is 12.3 Å². The molecule has 1 aliphatic heterocycles. The predicted molar refractivity (Wildman–Crippen MR) is 107 cm³/mol. The molecule has 3 rings (SSSR count). The second kappa shape index (κ2) is 9.54. The molecule has 12 heteroatoms. The smallest absolute Gasteiger partial charge is 0.452 e. The summed E-state index contributed by atoms with van der Waals surface area (Å²) in [7, 11) is 0. The Morgan fingerprint density at radius 1 is 1.09 bits per heavy atom. The topological polar surface area (TPSA) is 111 Å². The number of non-ortho nitro benzene ring substituents is 1. The third kappa shape index (κ3) is 6.09. The second-order valence-corrected chi connectivity index (χ2v) is 6.85. The number of carbonyl (C=O) groups excluding carboxylic acids is 2. The van der Waals surface area contributed by atoms with Crippen LogP contribution in [0.2, 0.25) is 0 Å². The largest absolute Gasteiger partial charge is 0.573 e. The molecule has 1 N–H and O–H groups in total. The molecule has 0 saturated carbocycles. The van der Waals surface area contributed by atoms with Gasteiger partial charge in [-0.15, -0.1) is 13.2 Å². The van der Waals surface area contributed by atoms with E-state index in [0.29, 0.717) is 18.8 Å². The summed E-state index contributed by atoms with van der Waals surface area (Å²) < 4.78 is 45.3. The lowest BCUT2D eigenvalue weighted by Crippen LogP contribution is -2.24. The first-order valence-corrected chi connectivity index (χ1v) is 9.48. The molecule has 0 radical (unpaired) electrons. The Balaban J connectivity index is 1.63. The quantitative estimate of drug-likeness (QED) is 0.385. The summed E-state index contributed by atoms with van der Waals surface area (Å²) in [6.45, 7) is 0.682. The van der Waals surface area contributed by atoms with Crippen molar-refractivity contribution >= 4 is 28.9 Å². The molecule has 170 valence electrons. The number of anilines is 2. The van der Waals surface area contributed by atoms with Crippen LogP contribution in [0.15, 0.2) is 42.5 Å². The van der Waals surface area contributed by atoms with Gasteiger partial charge in [0.2, 0.25) is 0 Å². The Kier molecular flexibility index (Phi) is 6.81.